The molecule has 0 spiro atoms. The minimum atomic E-state index is -3.54. The number of carbonyl (C=O) groups excluding carboxylic acids is 1. The number of benzene rings is 2. The Kier molecular flexibility index (Phi) is 6.27. The number of rotatable bonds is 7. The summed E-state index contributed by atoms with van der Waals surface area (Å²) in [6, 6.07) is 13.5. The predicted molar refractivity (Wildman–Crippen MR) is 96.3 cm³/mol. The lowest BCUT2D eigenvalue weighted by Gasteiger charge is -2.20. The van der Waals surface area contributed by atoms with Crippen molar-refractivity contribution in [2.24, 2.45) is 0 Å². The molecule has 1 N–H and O–H groups in total. The Labute approximate surface area is 147 Å². The van der Waals surface area contributed by atoms with E-state index in [9.17, 15) is 17.6 Å². The lowest BCUT2D eigenvalue weighted by molar-refractivity contribution is -0.116. The minimum absolute atomic E-state index is 0.193. The van der Waals surface area contributed by atoms with E-state index in [0.29, 0.717) is 17.7 Å². The van der Waals surface area contributed by atoms with Gasteiger partial charge in [0.05, 0.1) is 12.8 Å². The number of hydrogen-bond acceptors (Lipinski definition) is 3. The van der Waals surface area contributed by atoms with Gasteiger partial charge in [-0.15, -0.1) is 0 Å². The number of sulfonamides is 1. The van der Waals surface area contributed by atoms with Gasteiger partial charge >= 0.3 is 0 Å². The molecule has 0 aliphatic carbocycles. The van der Waals surface area contributed by atoms with Crippen molar-refractivity contribution in [1.82, 2.24) is 4.31 Å². The average molecular weight is 364 g/mol. The van der Waals surface area contributed by atoms with Crippen LogP contribution in [0.5, 0.6) is 0 Å². The molecule has 0 aromatic heterocycles. The maximum Gasteiger partial charge on any atom is 0.239 e. The molecule has 0 radical (unpaired) electrons. The Hall–Kier alpha value is -2.25. The summed E-state index contributed by atoms with van der Waals surface area (Å²) in [5.41, 5.74) is 2.02. The van der Waals surface area contributed by atoms with Crippen LogP contribution in [0.2, 0.25) is 0 Å². The summed E-state index contributed by atoms with van der Waals surface area (Å²) in [4.78, 5) is 12.2. The Morgan fingerprint density at radius 1 is 1.16 bits per heavy atom. The number of amides is 1. The van der Waals surface area contributed by atoms with Gasteiger partial charge in [0.15, 0.2) is 0 Å². The standard InChI is InChI=1S/C18H21FN2O3S/c1-14-8-9-16(19)12-17(14)20-18(22)13-21(25(2,23)24)11-10-15-6-4-3-5-7-15/h3-9,12H,10-11,13H2,1-2H3,(H,20,22). The summed E-state index contributed by atoms with van der Waals surface area (Å²) in [6.07, 6.45) is 1.57. The highest BCUT2D eigenvalue weighted by Gasteiger charge is 2.20. The van der Waals surface area contributed by atoms with Crippen molar-refractivity contribution in [3.63, 3.8) is 0 Å². The number of nitrogens with one attached hydrogen (secondary N) is 1. The zero-order valence-electron chi connectivity index (χ0n) is 14.2. The predicted octanol–water partition coefficient (Wildman–Crippen LogP) is 2.58. The fourth-order valence-corrected chi connectivity index (χ4v) is 3.11. The molecule has 0 aliphatic rings. The SMILES string of the molecule is Cc1ccc(F)cc1NC(=O)CN(CCc1ccccc1)S(C)(=O)=O. The average Bonchev–Trinajstić information content (AvgIpc) is 2.55. The number of carbonyl (C=O) groups is 1. The van der Waals surface area contributed by atoms with Gasteiger partial charge in [-0.05, 0) is 36.6 Å². The van der Waals surface area contributed by atoms with Crippen molar-refractivity contribution in [3.8, 4) is 0 Å². The maximum absolute atomic E-state index is 13.3. The normalized spacial score (nSPS) is 11.5. The Morgan fingerprint density at radius 3 is 2.48 bits per heavy atom. The van der Waals surface area contributed by atoms with Gasteiger partial charge in [-0.2, -0.15) is 4.31 Å². The van der Waals surface area contributed by atoms with Crippen LogP contribution >= 0.6 is 0 Å². The van der Waals surface area contributed by atoms with Crippen molar-refractivity contribution in [3.05, 3.63) is 65.5 Å². The third-order valence-corrected chi connectivity index (χ3v) is 5.01. The molecule has 0 unspecified atom stereocenters. The summed E-state index contributed by atoms with van der Waals surface area (Å²) in [6.45, 7) is 1.61. The van der Waals surface area contributed by atoms with E-state index in [4.69, 9.17) is 0 Å². The van der Waals surface area contributed by atoms with Gasteiger partial charge in [0.2, 0.25) is 15.9 Å². The van der Waals surface area contributed by atoms with Crippen molar-refractivity contribution in [1.29, 1.82) is 0 Å². The highest BCUT2D eigenvalue weighted by Crippen LogP contribution is 2.16. The number of anilines is 1. The van der Waals surface area contributed by atoms with E-state index in [1.807, 2.05) is 30.3 Å². The molecule has 0 aliphatic heterocycles. The summed E-state index contributed by atoms with van der Waals surface area (Å²) in [7, 11) is -3.54. The molecular weight excluding hydrogens is 343 g/mol. The van der Waals surface area contributed by atoms with Gasteiger partial charge in [-0.25, -0.2) is 12.8 Å². The Balaban J connectivity index is 2.04. The Morgan fingerprint density at radius 2 is 1.84 bits per heavy atom. The summed E-state index contributed by atoms with van der Waals surface area (Å²) in [5.74, 6) is -0.975. The molecule has 0 bridgehead atoms. The lowest BCUT2D eigenvalue weighted by atomic mass is 10.1. The van der Waals surface area contributed by atoms with Crippen LogP contribution in [0, 0.1) is 12.7 Å². The maximum atomic E-state index is 13.3. The molecule has 0 atom stereocenters. The molecule has 5 nitrogen and oxygen atoms in total. The van der Waals surface area contributed by atoms with E-state index in [1.54, 1.807) is 13.0 Å². The molecule has 0 saturated carbocycles. The first-order chi connectivity index (χ1) is 11.8. The number of halogens is 1. The summed E-state index contributed by atoms with van der Waals surface area (Å²) >= 11 is 0. The smallest absolute Gasteiger partial charge is 0.239 e. The second kappa shape index (κ2) is 8.22. The molecule has 2 aromatic carbocycles. The number of aryl methyl sites for hydroxylation is 1. The van der Waals surface area contributed by atoms with E-state index in [-0.39, 0.29) is 13.1 Å². The molecule has 0 fully saturated rings. The minimum Gasteiger partial charge on any atom is -0.325 e. The van der Waals surface area contributed by atoms with E-state index in [2.05, 4.69) is 5.32 Å². The van der Waals surface area contributed by atoms with E-state index in [0.717, 1.165) is 16.1 Å². The molecule has 2 aromatic rings. The van der Waals surface area contributed by atoms with E-state index >= 15 is 0 Å². The van der Waals surface area contributed by atoms with Crippen LogP contribution in [-0.4, -0.2) is 38.0 Å². The second-order valence-corrected chi connectivity index (χ2v) is 7.82. The van der Waals surface area contributed by atoms with Crippen LogP contribution in [0.15, 0.2) is 48.5 Å². The van der Waals surface area contributed by atoms with Crippen LogP contribution in [0.1, 0.15) is 11.1 Å². The van der Waals surface area contributed by atoms with Crippen molar-refractivity contribution < 1.29 is 17.6 Å². The molecule has 1 amide bonds. The zero-order valence-corrected chi connectivity index (χ0v) is 15.0. The van der Waals surface area contributed by atoms with Gasteiger partial charge in [0.1, 0.15) is 5.82 Å². The fraction of sp³-hybridized carbons (Fsp3) is 0.278. The van der Waals surface area contributed by atoms with Crippen LogP contribution < -0.4 is 5.32 Å². The van der Waals surface area contributed by atoms with Crippen LogP contribution in [0.3, 0.4) is 0 Å². The number of nitrogens with zero attached hydrogens (tertiary/aromatic N) is 1. The lowest BCUT2D eigenvalue weighted by Crippen LogP contribution is -2.38. The largest absolute Gasteiger partial charge is 0.325 e. The molecule has 0 saturated heterocycles. The highest BCUT2D eigenvalue weighted by molar-refractivity contribution is 7.88. The third kappa shape index (κ3) is 5.95. The molecule has 2 rings (SSSR count). The monoisotopic (exact) mass is 364 g/mol. The molecular formula is C18H21FN2O3S. The summed E-state index contributed by atoms with van der Waals surface area (Å²) < 4.78 is 38.3. The van der Waals surface area contributed by atoms with Crippen molar-refractivity contribution in [2.75, 3.05) is 24.7 Å². The van der Waals surface area contributed by atoms with Gasteiger partial charge in [0.25, 0.3) is 0 Å². The van der Waals surface area contributed by atoms with Gasteiger partial charge in [-0.3, -0.25) is 4.79 Å². The molecule has 0 heterocycles. The molecule has 7 heteroatoms. The molecule has 25 heavy (non-hydrogen) atoms. The van der Waals surface area contributed by atoms with Crippen LogP contribution in [0.4, 0.5) is 10.1 Å². The second-order valence-electron chi connectivity index (χ2n) is 5.84. The van der Waals surface area contributed by atoms with Gasteiger partial charge in [0, 0.05) is 12.2 Å². The van der Waals surface area contributed by atoms with Crippen LogP contribution in [0.25, 0.3) is 0 Å². The van der Waals surface area contributed by atoms with Crippen molar-refractivity contribution >= 4 is 21.6 Å². The first-order valence-corrected chi connectivity index (χ1v) is 9.65. The quantitative estimate of drug-likeness (QED) is 0.821. The summed E-state index contributed by atoms with van der Waals surface area (Å²) in [5, 5.41) is 2.57. The molecule has 134 valence electrons. The number of hydrogen-bond donors (Lipinski definition) is 1. The van der Waals surface area contributed by atoms with E-state index in [1.165, 1.54) is 12.1 Å². The Bertz CT molecular complexity index is 839. The zero-order chi connectivity index (χ0) is 18.4. The van der Waals surface area contributed by atoms with Gasteiger partial charge < -0.3 is 5.32 Å². The first kappa shape index (κ1) is 19.1. The van der Waals surface area contributed by atoms with E-state index < -0.39 is 21.7 Å². The topological polar surface area (TPSA) is 66.5 Å². The third-order valence-electron chi connectivity index (χ3n) is 3.76. The van der Waals surface area contributed by atoms with Crippen molar-refractivity contribution in [2.45, 2.75) is 13.3 Å². The van der Waals surface area contributed by atoms with Gasteiger partial charge in [-0.1, -0.05) is 36.4 Å². The highest BCUT2D eigenvalue weighted by atomic mass is 32.2. The fourth-order valence-electron chi connectivity index (χ4n) is 2.34. The van der Waals surface area contributed by atoms with Crippen LogP contribution in [-0.2, 0) is 21.2 Å². The first-order valence-electron chi connectivity index (χ1n) is 7.81.